The van der Waals surface area contributed by atoms with Crippen molar-refractivity contribution >= 4 is 27.7 Å². The fraction of sp³-hybridized carbons (Fsp3) is 0.200. The molecule has 1 N–H and O–H groups in total. The summed E-state index contributed by atoms with van der Waals surface area (Å²) in [5.74, 6) is -6.04. The van der Waals surface area contributed by atoms with Crippen LogP contribution in [0.2, 0.25) is 0 Å². The van der Waals surface area contributed by atoms with Crippen molar-refractivity contribution in [1.82, 2.24) is 0 Å². The first-order chi connectivity index (χ1) is 10.6. The number of carboxylic acid groups (broad SMARTS) is 1. The maximum Gasteiger partial charge on any atom is 0.534 e. The second-order valence-corrected chi connectivity index (χ2v) is 5.47. The van der Waals surface area contributed by atoms with Gasteiger partial charge in [-0.1, -0.05) is 0 Å². The summed E-state index contributed by atoms with van der Waals surface area (Å²) in [7, 11) is -6.27. The molecule has 0 heterocycles. The minimum atomic E-state index is -6.27. The molecule has 1 amide bonds. The van der Waals surface area contributed by atoms with Gasteiger partial charge in [0.1, 0.15) is 0 Å². The number of carbonyl (C=O) groups is 2. The predicted octanol–water partition coefficient (Wildman–Crippen LogP) is 0.779. The second-order valence-electron chi connectivity index (χ2n) is 3.93. The number of benzene rings is 1. The highest BCUT2D eigenvalue weighted by molar-refractivity contribution is 7.88. The van der Waals surface area contributed by atoms with Crippen LogP contribution in [0.1, 0.15) is 10.4 Å². The monoisotopic (exact) mass is 380 g/mol. The maximum atomic E-state index is 12.2. The van der Waals surface area contributed by atoms with Crippen molar-refractivity contribution in [2.45, 2.75) is 11.7 Å². The topological polar surface area (TPSA) is 113 Å². The zero-order valence-corrected chi connectivity index (χ0v) is 11.7. The van der Waals surface area contributed by atoms with Crippen LogP contribution in [0.3, 0.4) is 0 Å². The van der Waals surface area contributed by atoms with E-state index in [1.807, 2.05) is 0 Å². The van der Waals surface area contributed by atoms with Gasteiger partial charge in [0.05, 0.1) is 11.7 Å². The number of amides is 1. The summed E-state index contributed by atoms with van der Waals surface area (Å²) in [6, 6.07) is 1.04. The van der Waals surface area contributed by atoms with E-state index < -0.39 is 50.7 Å². The highest BCUT2D eigenvalue weighted by atomic mass is 32.2. The molecule has 0 unspecified atom stereocenters. The summed E-state index contributed by atoms with van der Waals surface area (Å²) >= 11 is 0. The molecule has 14 heteroatoms. The lowest BCUT2D eigenvalue weighted by atomic mass is 10.2. The lowest BCUT2D eigenvalue weighted by Gasteiger charge is -2.15. The quantitative estimate of drug-likeness (QED) is 0.469. The van der Waals surface area contributed by atoms with Gasteiger partial charge in [-0.25, -0.2) is 0 Å². The molecule has 0 bridgehead atoms. The van der Waals surface area contributed by atoms with E-state index in [0.29, 0.717) is 12.1 Å². The van der Waals surface area contributed by atoms with Gasteiger partial charge in [-0.2, -0.15) is 34.8 Å². The van der Waals surface area contributed by atoms with Gasteiger partial charge in [-0.15, -0.1) is 0 Å². The van der Waals surface area contributed by atoms with Gasteiger partial charge >= 0.3 is 27.7 Å². The maximum absolute atomic E-state index is 12.2. The fourth-order valence-corrected chi connectivity index (χ4v) is 1.66. The minimum Gasteiger partial charge on any atom is -0.545 e. The van der Waals surface area contributed by atoms with Gasteiger partial charge in [0, 0.05) is 0 Å². The number of hydrogen-bond donors (Lipinski definition) is 1. The van der Waals surface area contributed by atoms with E-state index >= 15 is 0 Å². The second kappa shape index (κ2) is 6.18. The van der Waals surface area contributed by atoms with Crippen LogP contribution in [-0.4, -0.2) is 32.0 Å². The summed E-state index contributed by atoms with van der Waals surface area (Å²) in [6.07, 6.45) is -5.49. The van der Waals surface area contributed by atoms with Crippen LogP contribution in [0.15, 0.2) is 18.2 Å². The fourth-order valence-electron chi connectivity index (χ4n) is 1.19. The lowest BCUT2D eigenvalue weighted by molar-refractivity contribution is -0.255. The Hall–Kier alpha value is -2.51. The van der Waals surface area contributed by atoms with Gasteiger partial charge in [0.2, 0.25) is 0 Å². The Morgan fingerprint density at radius 3 is 2.04 bits per heavy atom. The molecule has 0 saturated carbocycles. The predicted molar refractivity (Wildman–Crippen MR) is 61.1 cm³/mol. The van der Waals surface area contributed by atoms with E-state index in [9.17, 15) is 49.5 Å². The van der Waals surface area contributed by atoms with Crippen LogP contribution >= 0.6 is 0 Å². The molecule has 0 aliphatic heterocycles. The molecule has 7 nitrogen and oxygen atoms in total. The molecule has 1 aromatic carbocycles. The van der Waals surface area contributed by atoms with E-state index in [1.165, 1.54) is 0 Å². The molecule has 0 aliphatic rings. The third-order valence-electron chi connectivity index (χ3n) is 2.20. The number of aromatic carboxylic acids is 1. The van der Waals surface area contributed by atoms with Gasteiger partial charge in [-0.05, 0) is 23.8 Å². The average Bonchev–Trinajstić information content (AvgIpc) is 2.37. The molecular weight excluding hydrogens is 376 g/mol. The molecule has 0 spiro atoms. The molecule has 1 rings (SSSR count). The van der Waals surface area contributed by atoms with E-state index in [1.54, 1.807) is 0 Å². The van der Waals surface area contributed by atoms with Gasteiger partial charge in [-0.3, -0.25) is 4.79 Å². The van der Waals surface area contributed by atoms with E-state index in [-0.39, 0.29) is 6.07 Å². The van der Waals surface area contributed by atoms with Crippen LogP contribution in [0, 0.1) is 0 Å². The highest BCUT2D eigenvalue weighted by Gasteiger charge is 2.49. The number of carbonyl (C=O) groups excluding carboxylic acids is 2. The molecule has 134 valence electrons. The Morgan fingerprint density at radius 1 is 1.08 bits per heavy atom. The highest BCUT2D eigenvalue weighted by Crippen LogP contribution is 2.33. The van der Waals surface area contributed by atoms with Crippen LogP contribution in [0.5, 0.6) is 5.75 Å². The molecular formula is C10H4F6NO6S-. The zero-order valence-electron chi connectivity index (χ0n) is 10.9. The number of nitrogens with one attached hydrogen (secondary N) is 1. The van der Waals surface area contributed by atoms with Crippen molar-refractivity contribution in [3.8, 4) is 5.75 Å². The number of anilines is 1. The van der Waals surface area contributed by atoms with Crippen molar-refractivity contribution in [1.29, 1.82) is 0 Å². The van der Waals surface area contributed by atoms with E-state index in [2.05, 4.69) is 4.18 Å². The molecule has 0 aliphatic carbocycles. The molecule has 0 saturated heterocycles. The molecule has 0 radical (unpaired) electrons. The summed E-state index contributed by atoms with van der Waals surface area (Å²) < 4.78 is 98.5. The van der Waals surface area contributed by atoms with Gasteiger partial charge in [0.25, 0.3) is 0 Å². The number of halogens is 6. The molecule has 0 aromatic heterocycles. The van der Waals surface area contributed by atoms with Gasteiger partial charge < -0.3 is 19.4 Å². The summed E-state index contributed by atoms with van der Waals surface area (Å²) in [4.78, 5) is 21.4. The summed E-state index contributed by atoms with van der Waals surface area (Å²) in [5.41, 5.74) is -8.04. The van der Waals surface area contributed by atoms with Crippen molar-refractivity contribution in [3.63, 3.8) is 0 Å². The van der Waals surface area contributed by atoms with Crippen LogP contribution < -0.4 is 14.6 Å². The van der Waals surface area contributed by atoms with Crippen LogP contribution in [0.25, 0.3) is 0 Å². The molecule has 0 fully saturated rings. The molecule has 1 aromatic rings. The Labute approximate surface area is 128 Å². The zero-order chi connectivity index (χ0) is 18.9. The van der Waals surface area contributed by atoms with Crippen LogP contribution in [-0.2, 0) is 14.9 Å². The number of hydrogen-bond acceptors (Lipinski definition) is 6. The third-order valence-corrected chi connectivity index (χ3v) is 3.17. The van der Waals surface area contributed by atoms with E-state index in [4.69, 9.17) is 0 Å². The Morgan fingerprint density at radius 2 is 1.62 bits per heavy atom. The molecule has 24 heavy (non-hydrogen) atoms. The average molecular weight is 380 g/mol. The minimum absolute atomic E-state index is 0.236. The normalized spacial score (nSPS) is 12.6. The third kappa shape index (κ3) is 4.50. The lowest BCUT2D eigenvalue weighted by Crippen LogP contribution is -2.32. The first-order valence-electron chi connectivity index (χ1n) is 5.39. The number of rotatable bonds is 4. The van der Waals surface area contributed by atoms with Crippen molar-refractivity contribution in [2.75, 3.05) is 5.32 Å². The van der Waals surface area contributed by atoms with Crippen molar-refractivity contribution < 1.29 is 53.6 Å². The number of carboxylic acids is 1. The SMILES string of the molecule is O=C([O-])c1ccc(OS(=O)(=O)C(F)(F)F)c(NC(=O)C(F)(F)F)c1. The summed E-state index contributed by atoms with van der Waals surface area (Å²) in [6.45, 7) is 0. The largest absolute Gasteiger partial charge is 0.545 e. The van der Waals surface area contributed by atoms with Crippen molar-refractivity contribution in [2.24, 2.45) is 0 Å². The van der Waals surface area contributed by atoms with E-state index in [0.717, 1.165) is 5.32 Å². The Balaban J connectivity index is 3.35. The first kappa shape index (κ1) is 19.5. The van der Waals surface area contributed by atoms with Crippen LogP contribution in [0.4, 0.5) is 32.0 Å². The Kier molecular flexibility index (Phi) is 5.03. The standard InChI is InChI=1S/C10H5F6NO6S/c11-9(12,13)8(20)17-5-3-4(7(18)19)1-2-6(5)23-24(21,22)10(14,15)16/h1-3H,(H,17,20)(H,18,19)/p-1. The van der Waals surface area contributed by atoms with Crippen molar-refractivity contribution in [3.05, 3.63) is 23.8 Å². The molecule has 0 atom stereocenters. The first-order valence-corrected chi connectivity index (χ1v) is 6.80. The smallest absolute Gasteiger partial charge is 0.534 e. The number of alkyl halides is 6. The van der Waals surface area contributed by atoms with Gasteiger partial charge in [0.15, 0.2) is 5.75 Å². The Bertz CT molecular complexity index is 769. The summed E-state index contributed by atoms with van der Waals surface area (Å²) in [5, 5.41) is 11.6.